The normalized spacial score (nSPS) is 24.6. The molecule has 1 aromatic carbocycles. The second-order valence-corrected chi connectivity index (χ2v) is 9.80. The van der Waals surface area contributed by atoms with Crippen molar-refractivity contribution in [1.82, 2.24) is 25.3 Å². The number of anilines is 2. The summed E-state index contributed by atoms with van der Waals surface area (Å²) < 4.78 is 1.76. The topological polar surface area (TPSA) is 82.3 Å². The zero-order chi connectivity index (χ0) is 22.5. The highest BCUT2D eigenvalue weighted by atomic mass is 16.3. The Morgan fingerprint density at radius 2 is 1.82 bits per heavy atom. The number of nitrogens with zero attached hydrogens (tertiary/aromatic N) is 6. The van der Waals surface area contributed by atoms with Crippen molar-refractivity contribution >= 4 is 11.5 Å². The van der Waals surface area contributed by atoms with Crippen LogP contribution in [0, 0.1) is 0 Å². The summed E-state index contributed by atoms with van der Waals surface area (Å²) in [4.78, 5) is 4.79. The summed E-state index contributed by atoms with van der Waals surface area (Å²) in [6, 6.07) is 9.59. The summed E-state index contributed by atoms with van der Waals surface area (Å²) in [5.41, 5.74) is 4.39. The second-order valence-electron chi connectivity index (χ2n) is 9.80. The van der Waals surface area contributed by atoms with Crippen LogP contribution >= 0.6 is 0 Å². The number of fused-ring (bicyclic) bond motifs is 3. The van der Waals surface area contributed by atoms with Crippen LogP contribution in [0.25, 0.3) is 22.4 Å². The third-order valence-corrected chi connectivity index (χ3v) is 7.53. The predicted molar refractivity (Wildman–Crippen MR) is 130 cm³/mol. The highest BCUT2D eigenvalue weighted by Crippen LogP contribution is 2.39. The lowest BCUT2D eigenvalue weighted by molar-refractivity contribution is 0.346. The molecule has 33 heavy (non-hydrogen) atoms. The van der Waals surface area contributed by atoms with Crippen molar-refractivity contribution in [3.63, 3.8) is 0 Å². The molecular weight excluding hydrogens is 414 g/mol. The number of aryl methyl sites for hydroxylation is 1. The van der Waals surface area contributed by atoms with E-state index in [4.69, 9.17) is 5.10 Å². The van der Waals surface area contributed by atoms with Crippen LogP contribution in [0.2, 0.25) is 0 Å². The van der Waals surface area contributed by atoms with Gasteiger partial charge in [-0.2, -0.15) is 5.10 Å². The fraction of sp³-hybridized carbons (Fsp3) is 0.480. The third kappa shape index (κ3) is 3.72. The van der Waals surface area contributed by atoms with Crippen LogP contribution < -0.4 is 15.1 Å². The molecule has 2 fully saturated rings. The van der Waals surface area contributed by atoms with Crippen LogP contribution in [-0.4, -0.2) is 63.3 Å². The summed E-state index contributed by atoms with van der Waals surface area (Å²) in [5.74, 6) is 1.19. The summed E-state index contributed by atoms with van der Waals surface area (Å²) >= 11 is 0. The van der Waals surface area contributed by atoms with Crippen LogP contribution in [0.3, 0.4) is 0 Å². The number of phenols is 1. The van der Waals surface area contributed by atoms with Gasteiger partial charge in [0.2, 0.25) is 0 Å². The summed E-state index contributed by atoms with van der Waals surface area (Å²) in [6.45, 7) is 2.00. The first-order valence-electron chi connectivity index (χ1n) is 12.0. The van der Waals surface area contributed by atoms with E-state index in [-0.39, 0.29) is 5.75 Å². The van der Waals surface area contributed by atoms with Gasteiger partial charge in [-0.3, -0.25) is 4.68 Å². The van der Waals surface area contributed by atoms with Crippen molar-refractivity contribution < 1.29 is 5.11 Å². The quantitative estimate of drug-likeness (QED) is 0.641. The van der Waals surface area contributed by atoms with Crippen LogP contribution in [0.1, 0.15) is 32.1 Å². The van der Waals surface area contributed by atoms with E-state index < -0.39 is 0 Å². The van der Waals surface area contributed by atoms with E-state index in [2.05, 4.69) is 38.4 Å². The van der Waals surface area contributed by atoms with E-state index in [1.807, 2.05) is 25.4 Å². The molecule has 0 aliphatic carbocycles. The minimum atomic E-state index is 0.202. The lowest BCUT2D eigenvalue weighted by atomic mass is 9.98. The number of nitrogens with one attached hydrogen (secondary N) is 1. The first-order valence-corrected chi connectivity index (χ1v) is 12.0. The monoisotopic (exact) mass is 445 g/mol. The molecule has 172 valence electrons. The van der Waals surface area contributed by atoms with Crippen molar-refractivity contribution in [2.45, 2.75) is 50.2 Å². The molecule has 3 aliphatic rings. The maximum absolute atomic E-state index is 10.8. The lowest BCUT2D eigenvalue weighted by Crippen LogP contribution is -2.49. The molecule has 0 radical (unpaired) electrons. The maximum atomic E-state index is 10.8. The molecule has 0 amide bonds. The van der Waals surface area contributed by atoms with Gasteiger partial charge in [-0.15, -0.1) is 10.2 Å². The van der Waals surface area contributed by atoms with Gasteiger partial charge in [-0.1, -0.05) is 6.07 Å². The van der Waals surface area contributed by atoms with Gasteiger partial charge in [0.25, 0.3) is 0 Å². The Balaban J connectivity index is 1.34. The standard InChI is InChI=1S/C25H31N7O/c1-30-8-3-9-32(20-11-18-5-6-19(12-20)27-18)25-23(30)13-22(28-29-25)21-7-4-16(10-24(21)33)17-14-26-31(2)15-17/h4,7,10,13-15,18-20,27,33H,3,5-6,8-9,11-12H2,1-2H3/t18-,19+,20?. The van der Waals surface area contributed by atoms with Gasteiger partial charge in [-0.25, -0.2) is 0 Å². The minimum Gasteiger partial charge on any atom is -0.507 e. The number of hydrogen-bond acceptors (Lipinski definition) is 7. The van der Waals surface area contributed by atoms with Crippen LogP contribution in [-0.2, 0) is 7.05 Å². The fourth-order valence-corrected chi connectivity index (χ4v) is 5.83. The van der Waals surface area contributed by atoms with Gasteiger partial charge in [0.1, 0.15) is 5.75 Å². The molecule has 8 heteroatoms. The number of phenolic OH excluding ortho intramolecular Hbond substituents is 1. The van der Waals surface area contributed by atoms with Crippen molar-refractivity contribution in [3.05, 3.63) is 36.7 Å². The van der Waals surface area contributed by atoms with Gasteiger partial charge in [0.15, 0.2) is 5.82 Å². The van der Waals surface area contributed by atoms with Crippen LogP contribution in [0.5, 0.6) is 5.75 Å². The molecule has 3 aromatic rings. The average Bonchev–Trinajstić information content (AvgIpc) is 3.35. The number of aromatic hydroxyl groups is 1. The molecule has 2 aromatic heterocycles. The number of piperidine rings is 1. The van der Waals surface area contributed by atoms with Crippen LogP contribution in [0.4, 0.5) is 11.5 Å². The zero-order valence-electron chi connectivity index (χ0n) is 19.3. The van der Waals surface area contributed by atoms with Gasteiger partial charge in [0.05, 0.1) is 17.6 Å². The first-order chi connectivity index (χ1) is 16.0. The first kappa shape index (κ1) is 20.5. The van der Waals surface area contributed by atoms with E-state index in [0.717, 1.165) is 42.1 Å². The molecule has 1 unspecified atom stereocenters. The maximum Gasteiger partial charge on any atom is 0.175 e. The SMILES string of the molecule is CN1CCCN(C2C[C@H]3CC[C@@H](C2)N3)c2nnc(-c3ccc(-c4cnn(C)c4)cc3O)cc21. The Morgan fingerprint density at radius 3 is 2.55 bits per heavy atom. The lowest BCUT2D eigenvalue weighted by Gasteiger charge is -2.38. The molecule has 8 nitrogen and oxygen atoms in total. The number of benzene rings is 1. The average molecular weight is 446 g/mol. The summed E-state index contributed by atoms with van der Waals surface area (Å²) in [7, 11) is 4.02. The van der Waals surface area contributed by atoms with Crippen molar-refractivity contribution in [2.75, 3.05) is 29.9 Å². The Morgan fingerprint density at radius 1 is 1.00 bits per heavy atom. The molecule has 6 rings (SSSR count). The van der Waals surface area contributed by atoms with Crippen molar-refractivity contribution in [3.8, 4) is 28.1 Å². The molecule has 3 aliphatic heterocycles. The van der Waals surface area contributed by atoms with Crippen molar-refractivity contribution in [2.24, 2.45) is 7.05 Å². The molecule has 0 saturated carbocycles. The largest absolute Gasteiger partial charge is 0.507 e. The minimum absolute atomic E-state index is 0.202. The Bertz CT molecular complexity index is 1160. The number of aromatic nitrogens is 4. The Labute approximate surface area is 194 Å². The predicted octanol–water partition coefficient (Wildman–Crippen LogP) is 3.18. The summed E-state index contributed by atoms with van der Waals surface area (Å²) in [5, 5.41) is 28.2. The van der Waals surface area contributed by atoms with E-state index in [1.165, 1.54) is 25.7 Å². The van der Waals surface area contributed by atoms with Crippen molar-refractivity contribution in [1.29, 1.82) is 0 Å². The molecule has 2 bridgehead atoms. The number of rotatable bonds is 3. The van der Waals surface area contributed by atoms with E-state index >= 15 is 0 Å². The van der Waals surface area contributed by atoms with E-state index in [0.29, 0.717) is 29.4 Å². The zero-order valence-corrected chi connectivity index (χ0v) is 19.3. The Kier molecular flexibility index (Phi) is 4.98. The molecule has 0 spiro atoms. The second kappa shape index (κ2) is 8.02. The highest BCUT2D eigenvalue weighted by molar-refractivity contribution is 5.78. The molecule has 2 N–H and O–H groups in total. The molecule has 3 atom stereocenters. The van der Waals surface area contributed by atoms with E-state index in [1.54, 1.807) is 16.9 Å². The molecule has 5 heterocycles. The Hall–Kier alpha value is -3.13. The van der Waals surface area contributed by atoms with Gasteiger partial charge >= 0.3 is 0 Å². The highest BCUT2D eigenvalue weighted by Gasteiger charge is 2.38. The van der Waals surface area contributed by atoms with Gasteiger partial charge < -0.3 is 20.2 Å². The molecule has 2 saturated heterocycles. The van der Waals surface area contributed by atoms with Crippen LogP contribution in [0.15, 0.2) is 36.7 Å². The van der Waals surface area contributed by atoms with Gasteiger partial charge in [-0.05, 0) is 55.9 Å². The molecular formula is C25H31N7O. The smallest absolute Gasteiger partial charge is 0.175 e. The van der Waals surface area contributed by atoms with E-state index in [9.17, 15) is 5.11 Å². The number of hydrogen-bond donors (Lipinski definition) is 2. The fourth-order valence-electron chi connectivity index (χ4n) is 5.83. The van der Waals surface area contributed by atoms with Gasteiger partial charge in [0, 0.05) is 62.6 Å². The third-order valence-electron chi connectivity index (χ3n) is 7.53. The summed E-state index contributed by atoms with van der Waals surface area (Å²) in [6.07, 6.45) is 9.79.